The van der Waals surface area contributed by atoms with Gasteiger partial charge in [-0.05, 0) is 37.9 Å². The standard InChI is InChI=1S/C15H24N2O/c1-12-8-5-6-9-14(12)13(2)16-11-7-10-15(18)17(3)4/h5-6,8-9,13,16H,7,10-11H2,1-4H3/t13-/m1/s1. The van der Waals surface area contributed by atoms with E-state index in [4.69, 9.17) is 0 Å². The predicted molar refractivity (Wildman–Crippen MR) is 75.5 cm³/mol. The van der Waals surface area contributed by atoms with Crippen LogP contribution >= 0.6 is 0 Å². The van der Waals surface area contributed by atoms with Gasteiger partial charge in [-0.1, -0.05) is 24.3 Å². The highest BCUT2D eigenvalue weighted by Gasteiger charge is 2.07. The van der Waals surface area contributed by atoms with E-state index < -0.39 is 0 Å². The van der Waals surface area contributed by atoms with Crippen LogP contribution < -0.4 is 5.32 Å². The Kier molecular flexibility index (Phi) is 5.86. The van der Waals surface area contributed by atoms with E-state index in [9.17, 15) is 4.79 Å². The summed E-state index contributed by atoms with van der Waals surface area (Å²) in [5, 5.41) is 3.46. The Balaban J connectivity index is 2.32. The molecule has 0 aliphatic heterocycles. The molecule has 0 bridgehead atoms. The van der Waals surface area contributed by atoms with Crippen molar-refractivity contribution in [2.24, 2.45) is 0 Å². The summed E-state index contributed by atoms with van der Waals surface area (Å²) in [6.07, 6.45) is 1.49. The minimum Gasteiger partial charge on any atom is -0.349 e. The summed E-state index contributed by atoms with van der Waals surface area (Å²) in [7, 11) is 3.59. The molecule has 0 saturated carbocycles. The highest BCUT2D eigenvalue weighted by atomic mass is 16.2. The Labute approximate surface area is 110 Å². The van der Waals surface area contributed by atoms with Crippen molar-refractivity contribution in [1.82, 2.24) is 10.2 Å². The molecule has 1 amide bonds. The van der Waals surface area contributed by atoms with Crippen LogP contribution in [0.3, 0.4) is 0 Å². The first-order valence-electron chi connectivity index (χ1n) is 6.51. The Morgan fingerprint density at radius 1 is 1.33 bits per heavy atom. The van der Waals surface area contributed by atoms with E-state index >= 15 is 0 Å². The van der Waals surface area contributed by atoms with Crippen molar-refractivity contribution >= 4 is 5.91 Å². The van der Waals surface area contributed by atoms with E-state index in [1.165, 1.54) is 11.1 Å². The second-order valence-corrected chi connectivity index (χ2v) is 4.92. The molecule has 0 heterocycles. The van der Waals surface area contributed by atoms with Crippen LogP contribution in [0.2, 0.25) is 0 Å². The first-order valence-corrected chi connectivity index (χ1v) is 6.51. The first kappa shape index (κ1) is 14.7. The van der Waals surface area contributed by atoms with Gasteiger partial charge in [0, 0.05) is 26.6 Å². The van der Waals surface area contributed by atoms with Gasteiger partial charge in [-0.25, -0.2) is 0 Å². The lowest BCUT2D eigenvalue weighted by Crippen LogP contribution is -2.25. The fourth-order valence-corrected chi connectivity index (χ4v) is 1.96. The lowest BCUT2D eigenvalue weighted by atomic mass is 10.0. The van der Waals surface area contributed by atoms with Gasteiger partial charge in [-0.2, -0.15) is 0 Å². The second-order valence-electron chi connectivity index (χ2n) is 4.92. The second kappa shape index (κ2) is 7.17. The molecule has 3 nitrogen and oxygen atoms in total. The Morgan fingerprint density at radius 2 is 2.00 bits per heavy atom. The largest absolute Gasteiger partial charge is 0.349 e. The minimum atomic E-state index is 0.195. The molecular weight excluding hydrogens is 224 g/mol. The zero-order valence-electron chi connectivity index (χ0n) is 11.9. The normalized spacial score (nSPS) is 12.2. The number of amides is 1. The van der Waals surface area contributed by atoms with Gasteiger partial charge in [0.2, 0.25) is 5.91 Å². The zero-order valence-corrected chi connectivity index (χ0v) is 11.9. The molecule has 0 spiro atoms. The number of carbonyl (C=O) groups excluding carboxylic acids is 1. The summed E-state index contributed by atoms with van der Waals surface area (Å²) in [4.78, 5) is 13.1. The van der Waals surface area contributed by atoms with E-state index in [1.807, 2.05) is 0 Å². The third-order valence-electron chi connectivity index (χ3n) is 3.17. The van der Waals surface area contributed by atoms with Gasteiger partial charge < -0.3 is 10.2 Å². The maximum Gasteiger partial charge on any atom is 0.222 e. The van der Waals surface area contributed by atoms with Crippen molar-refractivity contribution in [1.29, 1.82) is 0 Å². The van der Waals surface area contributed by atoms with Crippen LogP contribution in [-0.4, -0.2) is 31.4 Å². The monoisotopic (exact) mass is 248 g/mol. The quantitative estimate of drug-likeness (QED) is 0.785. The SMILES string of the molecule is Cc1ccccc1[C@@H](C)NCCCC(=O)N(C)C. The van der Waals surface area contributed by atoms with Gasteiger partial charge in [0.1, 0.15) is 0 Å². The smallest absolute Gasteiger partial charge is 0.222 e. The predicted octanol–water partition coefficient (Wildman–Crippen LogP) is 2.51. The molecule has 1 rings (SSSR count). The van der Waals surface area contributed by atoms with Crippen molar-refractivity contribution in [3.63, 3.8) is 0 Å². The number of hydrogen-bond acceptors (Lipinski definition) is 2. The highest BCUT2D eigenvalue weighted by molar-refractivity contribution is 5.75. The van der Waals surface area contributed by atoms with Crippen molar-refractivity contribution in [3.05, 3.63) is 35.4 Å². The molecule has 0 aliphatic rings. The van der Waals surface area contributed by atoms with Gasteiger partial charge >= 0.3 is 0 Å². The molecular formula is C15H24N2O. The lowest BCUT2D eigenvalue weighted by Gasteiger charge is -2.17. The van der Waals surface area contributed by atoms with E-state index in [2.05, 4.69) is 43.4 Å². The van der Waals surface area contributed by atoms with Gasteiger partial charge in [0.15, 0.2) is 0 Å². The molecule has 18 heavy (non-hydrogen) atoms. The van der Waals surface area contributed by atoms with Gasteiger partial charge in [-0.15, -0.1) is 0 Å². The van der Waals surface area contributed by atoms with Crippen LogP contribution in [-0.2, 0) is 4.79 Å². The van der Waals surface area contributed by atoms with E-state index in [0.717, 1.165) is 13.0 Å². The first-order chi connectivity index (χ1) is 8.52. The van der Waals surface area contributed by atoms with Crippen LogP contribution in [0, 0.1) is 6.92 Å². The summed E-state index contributed by atoms with van der Waals surface area (Å²) in [6, 6.07) is 8.74. The summed E-state index contributed by atoms with van der Waals surface area (Å²) in [6.45, 7) is 5.16. The number of hydrogen-bond donors (Lipinski definition) is 1. The number of nitrogens with one attached hydrogen (secondary N) is 1. The number of rotatable bonds is 6. The van der Waals surface area contributed by atoms with Crippen LogP contribution in [0.15, 0.2) is 24.3 Å². The van der Waals surface area contributed by atoms with Gasteiger partial charge in [-0.3, -0.25) is 4.79 Å². The summed E-state index contributed by atoms with van der Waals surface area (Å²) in [5.74, 6) is 0.195. The van der Waals surface area contributed by atoms with E-state index in [-0.39, 0.29) is 5.91 Å². The summed E-state index contributed by atoms with van der Waals surface area (Å²) < 4.78 is 0. The van der Waals surface area contributed by atoms with Crippen molar-refractivity contribution in [2.45, 2.75) is 32.7 Å². The molecule has 0 radical (unpaired) electrons. The van der Waals surface area contributed by atoms with Crippen LogP contribution in [0.5, 0.6) is 0 Å². The molecule has 0 aliphatic carbocycles. The highest BCUT2D eigenvalue weighted by Crippen LogP contribution is 2.16. The number of nitrogens with zero attached hydrogens (tertiary/aromatic N) is 1. The maximum atomic E-state index is 11.4. The van der Waals surface area contributed by atoms with Crippen LogP contribution in [0.4, 0.5) is 0 Å². The van der Waals surface area contributed by atoms with E-state index in [1.54, 1.807) is 19.0 Å². The number of carbonyl (C=O) groups is 1. The van der Waals surface area contributed by atoms with Gasteiger partial charge in [0.05, 0.1) is 0 Å². The average Bonchev–Trinajstić information content (AvgIpc) is 2.34. The molecule has 1 N–H and O–H groups in total. The third kappa shape index (κ3) is 4.49. The molecule has 100 valence electrons. The molecule has 0 unspecified atom stereocenters. The molecule has 1 aromatic carbocycles. The fraction of sp³-hybridized carbons (Fsp3) is 0.533. The Morgan fingerprint density at radius 3 is 2.61 bits per heavy atom. The number of aryl methyl sites for hydroxylation is 1. The molecule has 3 heteroatoms. The van der Waals surface area contributed by atoms with Gasteiger partial charge in [0.25, 0.3) is 0 Å². The average molecular weight is 248 g/mol. The summed E-state index contributed by atoms with van der Waals surface area (Å²) in [5.41, 5.74) is 2.64. The zero-order chi connectivity index (χ0) is 13.5. The fourth-order valence-electron chi connectivity index (χ4n) is 1.96. The Bertz CT molecular complexity index is 388. The van der Waals surface area contributed by atoms with E-state index in [0.29, 0.717) is 12.5 Å². The van der Waals surface area contributed by atoms with Crippen molar-refractivity contribution in [3.8, 4) is 0 Å². The topological polar surface area (TPSA) is 32.3 Å². The lowest BCUT2D eigenvalue weighted by molar-refractivity contribution is -0.128. The molecule has 0 saturated heterocycles. The molecule has 1 aromatic rings. The maximum absolute atomic E-state index is 11.4. The molecule has 0 fully saturated rings. The molecule has 0 aromatic heterocycles. The Hall–Kier alpha value is -1.35. The van der Waals surface area contributed by atoms with Crippen LogP contribution in [0.25, 0.3) is 0 Å². The number of benzene rings is 1. The van der Waals surface area contributed by atoms with Crippen LogP contribution in [0.1, 0.15) is 36.9 Å². The minimum absolute atomic E-state index is 0.195. The summed E-state index contributed by atoms with van der Waals surface area (Å²) >= 11 is 0. The third-order valence-corrected chi connectivity index (χ3v) is 3.17. The van der Waals surface area contributed by atoms with Crippen molar-refractivity contribution < 1.29 is 4.79 Å². The van der Waals surface area contributed by atoms with Crippen molar-refractivity contribution in [2.75, 3.05) is 20.6 Å². The molecule has 1 atom stereocenters.